The third-order valence-electron chi connectivity index (χ3n) is 4.29. The molecule has 0 unspecified atom stereocenters. The molecule has 0 heterocycles. The van der Waals surface area contributed by atoms with Gasteiger partial charge in [-0.2, -0.15) is 0 Å². The van der Waals surface area contributed by atoms with Gasteiger partial charge < -0.3 is 9.90 Å². The average molecular weight is 168 g/mol. The highest BCUT2D eigenvalue weighted by molar-refractivity contribution is 5.66. The van der Waals surface area contributed by atoms with E-state index in [-0.39, 0.29) is 11.3 Å². The molecule has 2 fully saturated rings. The number of aldehydes is 1. The van der Waals surface area contributed by atoms with Gasteiger partial charge in [-0.05, 0) is 31.1 Å². The van der Waals surface area contributed by atoms with Gasteiger partial charge in [-0.25, -0.2) is 0 Å². The number of aliphatic hydroxyl groups is 1. The first-order valence-electron chi connectivity index (χ1n) is 4.71. The number of carbonyl (C=O) groups is 1. The molecule has 2 aliphatic rings. The van der Waals surface area contributed by atoms with Crippen LogP contribution in [0, 0.1) is 17.3 Å². The van der Waals surface area contributed by atoms with E-state index in [1.165, 1.54) is 6.42 Å². The maximum atomic E-state index is 10.9. The van der Waals surface area contributed by atoms with E-state index in [1.807, 2.05) is 13.8 Å². The Balaban J connectivity index is 2.41. The molecule has 3 atom stereocenters. The zero-order chi connectivity index (χ0) is 8.98. The maximum Gasteiger partial charge on any atom is 0.152 e. The summed E-state index contributed by atoms with van der Waals surface area (Å²) in [6, 6.07) is 0. The molecule has 2 nitrogen and oxygen atoms in total. The Morgan fingerprint density at radius 1 is 1.33 bits per heavy atom. The lowest BCUT2D eigenvalue weighted by molar-refractivity contribution is -0.146. The second kappa shape index (κ2) is 2.11. The van der Waals surface area contributed by atoms with Gasteiger partial charge in [0, 0.05) is 5.41 Å². The van der Waals surface area contributed by atoms with Crippen molar-refractivity contribution in [3.8, 4) is 0 Å². The second-order valence-corrected chi connectivity index (χ2v) is 4.87. The minimum absolute atomic E-state index is 0.197. The van der Waals surface area contributed by atoms with Crippen molar-refractivity contribution >= 4 is 6.29 Å². The fourth-order valence-corrected chi connectivity index (χ4v) is 3.14. The Morgan fingerprint density at radius 3 is 2.25 bits per heavy atom. The molecule has 2 aliphatic carbocycles. The summed E-state index contributed by atoms with van der Waals surface area (Å²) in [4.78, 5) is 10.9. The number of hydrogen-bond acceptors (Lipinski definition) is 2. The van der Waals surface area contributed by atoms with Crippen LogP contribution in [0.2, 0.25) is 0 Å². The van der Waals surface area contributed by atoms with Gasteiger partial charge in [-0.1, -0.05) is 13.8 Å². The van der Waals surface area contributed by atoms with E-state index in [4.69, 9.17) is 0 Å². The Bertz CT molecular complexity index is 222. The molecule has 0 aromatic rings. The van der Waals surface area contributed by atoms with Gasteiger partial charge in [0.2, 0.25) is 0 Å². The normalized spacial score (nSPS) is 49.6. The van der Waals surface area contributed by atoms with Gasteiger partial charge in [0.1, 0.15) is 5.60 Å². The molecule has 12 heavy (non-hydrogen) atoms. The lowest BCUT2D eigenvalue weighted by atomic mass is 9.66. The summed E-state index contributed by atoms with van der Waals surface area (Å²) in [6.45, 7) is 4.04. The zero-order valence-electron chi connectivity index (χ0n) is 7.71. The predicted molar refractivity (Wildman–Crippen MR) is 45.6 cm³/mol. The van der Waals surface area contributed by atoms with Crippen LogP contribution in [0.3, 0.4) is 0 Å². The minimum atomic E-state index is -1.03. The summed E-state index contributed by atoms with van der Waals surface area (Å²) in [7, 11) is 0. The van der Waals surface area contributed by atoms with Crippen LogP contribution in [0.1, 0.15) is 33.1 Å². The Kier molecular flexibility index (Phi) is 1.45. The standard InChI is InChI=1S/C10H16O2/c1-9(2)7-3-4-8(5-7)10(9,12)6-11/h6-8,12H,3-5H2,1-2H3/t7-,8+,10-/m1/s1. The first-order chi connectivity index (χ1) is 5.52. The minimum Gasteiger partial charge on any atom is -0.382 e. The molecule has 0 aromatic heterocycles. The molecule has 0 spiro atoms. The summed E-state index contributed by atoms with van der Waals surface area (Å²) in [5.41, 5.74) is -1.23. The molecular formula is C10H16O2. The van der Waals surface area contributed by atoms with E-state index < -0.39 is 5.60 Å². The number of rotatable bonds is 1. The van der Waals surface area contributed by atoms with Crippen molar-refractivity contribution in [2.45, 2.75) is 38.7 Å². The topological polar surface area (TPSA) is 37.3 Å². The van der Waals surface area contributed by atoms with Crippen molar-refractivity contribution < 1.29 is 9.90 Å². The molecule has 0 aliphatic heterocycles. The lowest BCUT2D eigenvalue weighted by Gasteiger charge is -2.42. The van der Waals surface area contributed by atoms with Gasteiger partial charge in [0.15, 0.2) is 6.29 Å². The molecule has 2 heteroatoms. The summed E-state index contributed by atoms with van der Waals surface area (Å²) in [5.74, 6) is 0.785. The molecule has 1 N–H and O–H groups in total. The van der Waals surface area contributed by atoms with Crippen LogP contribution in [-0.4, -0.2) is 17.0 Å². The summed E-state index contributed by atoms with van der Waals surface area (Å²) < 4.78 is 0. The largest absolute Gasteiger partial charge is 0.382 e. The van der Waals surface area contributed by atoms with E-state index in [1.54, 1.807) is 0 Å². The second-order valence-electron chi connectivity index (χ2n) is 4.87. The van der Waals surface area contributed by atoms with Crippen LogP contribution in [0.15, 0.2) is 0 Å². The number of carbonyl (C=O) groups excluding carboxylic acids is 1. The SMILES string of the molecule is CC1(C)[C@@H]2CC[C@@H](C2)[C@]1(O)C=O. The first kappa shape index (κ1) is 8.24. The summed E-state index contributed by atoms with van der Waals surface area (Å²) in [6.07, 6.45) is 4.04. The van der Waals surface area contributed by atoms with Crippen molar-refractivity contribution in [1.82, 2.24) is 0 Å². The maximum absolute atomic E-state index is 10.9. The van der Waals surface area contributed by atoms with Crippen LogP contribution < -0.4 is 0 Å². The smallest absolute Gasteiger partial charge is 0.152 e. The molecule has 2 saturated carbocycles. The highest BCUT2D eigenvalue weighted by Gasteiger charge is 2.62. The van der Waals surface area contributed by atoms with Gasteiger partial charge in [0.25, 0.3) is 0 Å². The van der Waals surface area contributed by atoms with Crippen LogP contribution in [-0.2, 0) is 4.79 Å². The Labute approximate surface area is 73.0 Å². The fraction of sp³-hybridized carbons (Fsp3) is 0.900. The van der Waals surface area contributed by atoms with Crippen LogP contribution >= 0.6 is 0 Å². The highest BCUT2D eigenvalue weighted by atomic mass is 16.3. The number of hydrogen-bond donors (Lipinski definition) is 1. The quantitative estimate of drug-likeness (QED) is 0.600. The van der Waals surface area contributed by atoms with Crippen molar-refractivity contribution in [2.75, 3.05) is 0 Å². The molecule has 0 amide bonds. The molecule has 0 aromatic carbocycles. The van der Waals surface area contributed by atoms with Crippen molar-refractivity contribution in [3.63, 3.8) is 0 Å². The third-order valence-corrected chi connectivity index (χ3v) is 4.29. The third kappa shape index (κ3) is 0.674. The molecule has 2 rings (SSSR count). The summed E-state index contributed by atoms with van der Waals surface area (Å²) in [5, 5.41) is 10.1. The Hall–Kier alpha value is -0.370. The van der Waals surface area contributed by atoms with Crippen LogP contribution in [0.4, 0.5) is 0 Å². The van der Waals surface area contributed by atoms with Gasteiger partial charge in [0.05, 0.1) is 0 Å². The van der Waals surface area contributed by atoms with E-state index in [9.17, 15) is 9.90 Å². The predicted octanol–water partition coefficient (Wildman–Crippen LogP) is 1.37. The van der Waals surface area contributed by atoms with E-state index in [0.29, 0.717) is 5.92 Å². The molecule has 68 valence electrons. The van der Waals surface area contributed by atoms with Crippen molar-refractivity contribution in [1.29, 1.82) is 0 Å². The van der Waals surface area contributed by atoms with Crippen LogP contribution in [0.5, 0.6) is 0 Å². The highest BCUT2D eigenvalue weighted by Crippen LogP contribution is 2.60. The van der Waals surface area contributed by atoms with Crippen molar-refractivity contribution in [2.24, 2.45) is 17.3 Å². The molecular weight excluding hydrogens is 152 g/mol. The first-order valence-corrected chi connectivity index (χ1v) is 4.71. The van der Waals surface area contributed by atoms with Crippen LogP contribution in [0.25, 0.3) is 0 Å². The van der Waals surface area contributed by atoms with E-state index in [0.717, 1.165) is 19.1 Å². The van der Waals surface area contributed by atoms with Gasteiger partial charge >= 0.3 is 0 Å². The molecule has 0 saturated heterocycles. The zero-order valence-corrected chi connectivity index (χ0v) is 7.71. The summed E-state index contributed by atoms with van der Waals surface area (Å²) >= 11 is 0. The monoisotopic (exact) mass is 168 g/mol. The van der Waals surface area contributed by atoms with Gasteiger partial charge in [-0.15, -0.1) is 0 Å². The Morgan fingerprint density at radius 2 is 1.92 bits per heavy atom. The molecule has 2 bridgehead atoms. The number of fused-ring (bicyclic) bond motifs is 2. The van der Waals surface area contributed by atoms with E-state index in [2.05, 4.69) is 0 Å². The average Bonchev–Trinajstić information content (AvgIpc) is 2.55. The van der Waals surface area contributed by atoms with E-state index >= 15 is 0 Å². The van der Waals surface area contributed by atoms with Crippen molar-refractivity contribution in [3.05, 3.63) is 0 Å². The molecule has 0 radical (unpaired) electrons. The lowest BCUT2D eigenvalue weighted by Crippen LogP contribution is -2.50. The van der Waals surface area contributed by atoms with Gasteiger partial charge in [-0.3, -0.25) is 0 Å². The fourth-order valence-electron chi connectivity index (χ4n) is 3.14.